The highest BCUT2D eigenvalue weighted by Crippen LogP contribution is 2.39. The highest BCUT2D eigenvalue weighted by atomic mass is 16.3. The fourth-order valence-corrected chi connectivity index (χ4v) is 3.29. The quantitative estimate of drug-likeness (QED) is 0.816. The van der Waals surface area contributed by atoms with E-state index in [1.165, 1.54) is 31.2 Å². The van der Waals surface area contributed by atoms with Gasteiger partial charge in [0.05, 0.1) is 6.61 Å². The third-order valence-electron chi connectivity index (χ3n) is 4.52. The maximum atomic E-state index is 9.89. The van der Waals surface area contributed by atoms with Crippen LogP contribution in [0.15, 0.2) is 30.3 Å². The average molecular weight is 232 g/mol. The molecule has 0 amide bonds. The Morgan fingerprint density at radius 1 is 1.18 bits per heavy atom. The number of aliphatic hydroxyl groups excluding tert-OH is 1. The lowest BCUT2D eigenvalue weighted by Gasteiger charge is -2.34. The Kier molecular flexibility index (Phi) is 4.22. The Hall–Kier alpha value is -0.820. The minimum Gasteiger partial charge on any atom is -0.395 e. The van der Waals surface area contributed by atoms with E-state index in [4.69, 9.17) is 0 Å². The molecule has 17 heavy (non-hydrogen) atoms. The number of hydrogen-bond donors (Lipinski definition) is 1. The molecule has 1 heteroatoms. The lowest BCUT2D eigenvalue weighted by atomic mass is 9.72. The summed E-state index contributed by atoms with van der Waals surface area (Å²) >= 11 is 0. The largest absolute Gasteiger partial charge is 0.395 e. The van der Waals surface area contributed by atoms with E-state index >= 15 is 0 Å². The number of hydrogen-bond acceptors (Lipinski definition) is 1. The van der Waals surface area contributed by atoms with Crippen LogP contribution in [0.4, 0.5) is 0 Å². The maximum Gasteiger partial charge on any atom is 0.0527 e. The molecule has 0 saturated heterocycles. The van der Waals surface area contributed by atoms with E-state index in [2.05, 4.69) is 37.3 Å². The van der Waals surface area contributed by atoms with Crippen LogP contribution in [-0.4, -0.2) is 11.7 Å². The van der Waals surface area contributed by atoms with Crippen molar-refractivity contribution in [2.24, 2.45) is 5.92 Å². The van der Waals surface area contributed by atoms with Crippen molar-refractivity contribution in [1.29, 1.82) is 0 Å². The molecule has 1 saturated carbocycles. The molecule has 1 aromatic carbocycles. The topological polar surface area (TPSA) is 20.2 Å². The molecule has 1 fully saturated rings. The van der Waals surface area contributed by atoms with Crippen molar-refractivity contribution in [2.45, 2.75) is 50.9 Å². The van der Waals surface area contributed by atoms with Crippen molar-refractivity contribution in [3.8, 4) is 0 Å². The van der Waals surface area contributed by atoms with E-state index in [9.17, 15) is 5.11 Å². The normalized spacial score (nSPS) is 20.4. The number of aliphatic hydroxyl groups is 1. The second kappa shape index (κ2) is 5.68. The second-order valence-electron chi connectivity index (χ2n) is 5.51. The summed E-state index contributed by atoms with van der Waals surface area (Å²) in [4.78, 5) is 0. The Morgan fingerprint density at radius 2 is 1.82 bits per heavy atom. The van der Waals surface area contributed by atoms with E-state index in [1.807, 2.05) is 0 Å². The van der Waals surface area contributed by atoms with Gasteiger partial charge in [0.25, 0.3) is 0 Å². The van der Waals surface area contributed by atoms with Crippen LogP contribution in [0.2, 0.25) is 0 Å². The minimum absolute atomic E-state index is 0.00370. The zero-order chi connectivity index (χ0) is 12.1. The first-order valence-corrected chi connectivity index (χ1v) is 6.97. The van der Waals surface area contributed by atoms with Crippen molar-refractivity contribution in [1.82, 2.24) is 0 Å². The summed E-state index contributed by atoms with van der Waals surface area (Å²) in [6.07, 6.45) is 7.66. The summed E-state index contributed by atoms with van der Waals surface area (Å²) in [5, 5.41) is 9.89. The van der Waals surface area contributed by atoms with Crippen LogP contribution in [0.1, 0.15) is 51.0 Å². The molecule has 1 unspecified atom stereocenters. The third kappa shape index (κ3) is 2.71. The molecule has 1 aliphatic rings. The first-order chi connectivity index (χ1) is 8.30. The van der Waals surface area contributed by atoms with Gasteiger partial charge in [0.1, 0.15) is 0 Å². The Morgan fingerprint density at radius 3 is 2.35 bits per heavy atom. The van der Waals surface area contributed by atoms with Crippen molar-refractivity contribution >= 4 is 0 Å². The fourth-order valence-electron chi connectivity index (χ4n) is 3.29. The first-order valence-electron chi connectivity index (χ1n) is 6.97. The number of benzene rings is 1. The van der Waals surface area contributed by atoms with Crippen LogP contribution in [0.3, 0.4) is 0 Å². The van der Waals surface area contributed by atoms with Gasteiger partial charge in [-0.25, -0.2) is 0 Å². The Labute approximate surface area is 105 Å². The highest BCUT2D eigenvalue weighted by molar-refractivity contribution is 5.25. The van der Waals surface area contributed by atoms with Gasteiger partial charge < -0.3 is 5.11 Å². The van der Waals surface area contributed by atoms with Crippen LogP contribution in [-0.2, 0) is 5.41 Å². The van der Waals surface area contributed by atoms with Gasteiger partial charge in [0.15, 0.2) is 0 Å². The summed E-state index contributed by atoms with van der Waals surface area (Å²) in [6, 6.07) is 10.6. The van der Waals surface area contributed by atoms with Gasteiger partial charge in [-0.1, -0.05) is 62.9 Å². The van der Waals surface area contributed by atoms with Gasteiger partial charge in [-0.15, -0.1) is 0 Å². The molecule has 0 spiro atoms. The second-order valence-corrected chi connectivity index (χ2v) is 5.51. The Balaban J connectivity index is 2.19. The predicted molar refractivity (Wildman–Crippen MR) is 72.1 cm³/mol. The molecular weight excluding hydrogens is 208 g/mol. The van der Waals surface area contributed by atoms with Crippen LogP contribution >= 0.6 is 0 Å². The summed E-state index contributed by atoms with van der Waals surface area (Å²) < 4.78 is 0. The molecule has 0 bridgehead atoms. The molecule has 0 radical (unpaired) electrons. The summed E-state index contributed by atoms with van der Waals surface area (Å²) in [6.45, 7) is 2.49. The zero-order valence-electron chi connectivity index (χ0n) is 10.9. The molecule has 0 heterocycles. The molecule has 1 aliphatic carbocycles. The SMILES string of the molecule is CCC(CO)(CC1CCCC1)c1ccccc1. The van der Waals surface area contributed by atoms with Crippen LogP contribution in [0, 0.1) is 5.92 Å². The van der Waals surface area contributed by atoms with Crippen LogP contribution in [0.5, 0.6) is 0 Å². The van der Waals surface area contributed by atoms with Crippen molar-refractivity contribution in [3.63, 3.8) is 0 Å². The van der Waals surface area contributed by atoms with Gasteiger partial charge in [-0.05, 0) is 24.3 Å². The molecule has 1 nitrogen and oxygen atoms in total. The molecule has 0 aromatic heterocycles. The number of rotatable bonds is 5. The minimum atomic E-state index is -0.00370. The summed E-state index contributed by atoms with van der Waals surface area (Å²) in [5.41, 5.74) is 1.31. The molecule has 1 atom stereocenters. The van der Waals surface area contributed by atoms with E-state index in [0.717, 1.165) is 18.8 Å². The average Bonchev–Trinajstić information content (AvgIpc) is 2.90. The molecule has 1 N–H and O–H groups in total. The van der Waals surface area contributed by atoms with Gasteiger partial charge in [0.2, 0.25) is 0 Å². The van der Waals surface area contributed by atoms with Gasteiger partial charge in [-0.3, -0.25) is 0 Å². The van der Waals surface area contributed by atoms with Gasteiger partial charge >= 0.3 is 0 Å². The third-order valence-corrected chi connectivity index (χ3v) is 4.52. The molecule has 2 rings (SSSR count). The molecule has 94 valence electrons. The molecular formula is C16H24O. The lowest BCUT2D eigenvalue weighted by molar-refractivity contribution is 0.159. The van der Waals surface area contributed by atoms with E-state index in [1.54, 1.807) is 0 Å². The van der Waals surface area contributed by atoms with E-state index < -0.39 is 0 Å². The summed E-state index contributed by atoms with van der Waals surface area (Å²) in [7, 11) is 0. The monoisotopic (exact) mass is 232 g/mol. The van der Waals surface area contributed by atoms with Crippen molar-refractivity contribution < 1.29 is 5.11 Å². The van der Waals surface area contributed by atoms with Gasteiger partial charge in [-0.2, -0.15) is 0 Å². The highest BCUT2D eigenvalue weighted by Gasteiger charge is 2.33. The standard InChI is InChI=1S/C16H24O/c1-2-16(13-17,12-14-8-6-7-9-14)15-10-4-3-5-11-15/h3-5,10-11,14,17H,2,6-9,12-13H2,1H3. The van der Waals surface area contributed by atoms with Crippen LogP contribution in [0.25, 0.3) is 0 Å². The van der Waals surface area contributed by atoms with Crippen molar-refractivity contribution in [2.75, 3.05) is 6.61 Å². The van der Waals surface area contributed by atoms with Crippen LogP contribution < -0.4 is 0 Å². The van der Waals surface area contributed by atoms with E-state index in [-0.39, 0.29) is 12.0 Å². The molecule has 0 aliphatic heterocycles. The molecule has 1 aromatic rings. The fraction of sp³-hybridized carbons (Fsp3) is 0.625. The lowest BCUT2D eigenvalue weighted by Crippen LogP contribution is -2.32. The smallest absolute Gasteiger partial charge is 0.0527 e. The maximum absolute atomic E-state index is 9.89. The summed E-state index contributed by atoms with van der Waals surface area (Å²) in [5.74, 6) is 0.822. The van der Waals surface area contributed by atoms with Crippen molar-refractivity contribution in [3.05, 3.63) is 35.9 Å². The first kappa shape index (κ1) is 12.6. The van der Waals surface area contributed by atoms with E-state index in [0.29, 0.717) is 0 Å². The zero-order valence-corrected chi connectivity index (χ0v) is 10.9. The van der Waals surface area contributed by atoms with Gasteiger partial charge in [0, 0.05) is 5.41 Å². The Bertz CT molecular complexity index is 321. The predicted octanol–water partition coefficient (Wildman–Crippen LogP) is 3.91.